The van der Waals surface area contributed by atoms with Gasteiger partial charge in [-0.15, -0.1) is 0 Å². The zero-order chi connectivity index (χ0) is 10.8. The Labute approximate surface area is 103 Å². The highest BCUT2D eigenvalue weighted by Crippen LogP contribution is 2.22. The van der Waals surface area contributed by atoms with E-state index in [0.717, 1.165) is 34.7 Å². The van der Waals surface area contributed by atoms with Crippen molar-refractivity contribution in [2.24, 2.45) is 0 Å². The fourth-order valence-corrected chi connectivity index (χ4v) is 2.41. The third-order valence-corrected chi connectivity index (χ3v) is 3.83. The van der Waals surface area contributed by atoms with E-state index in [-0.39, 0.29) is 0 Å². The minimum atomic E-state index is 0.615. The van der Waals surface area contributed by atoms with Crippen molar-refractivity contribution in [1.82, 2.24) is 9.97 Å². The Balaban J connectivity index is 2.35. The molecule has 0 aliphatic carbocycles. The van der Waals surface area contributed by atoms with E-state index >= 15 is 0 Å². The number of anilines is 2. The second kappa shape index (κ2) is 4.51. The van der Waals surface area contributed by atoms with Gasteiger partial charge in [0.2, 0.25) is 5.95 Å². The smallest absolute Gasteiger partial charge is 0.227 e. The van der Waals surface area contributed by atoms with E-state index in [0.29, 0.717) is 5.82 Å². The van der Waals surface area contributed by atoms with Crippen molar-refractivity contribution in [2.45, 2.75) is 26.2 Å². The van der Waals surface area contributed by atoms with Crippen LogP contribution in [-0.4, -0.2) is 23.1 Å². The highest BCUT2D eigenvalue weighted by Gasteiger charge is 2.17. The molecule has 1 aromatic rings. The maximum absolute atomic E-state index is 5.88. The van der Waals surface area contributed by atoms with Crippen LogP contribution in [0.3, 0.4) is 0 Å². The lowest BCUT2D eigenvalue weighted by molar-refractivity contribution is 0.872. The molecule has 0 radical (unpaired) electrons. The zero-order valence-electron chi connectivity index (χ0n) is 8.83. The van der Waals surface area contributed by atoms with Gasteiger partial charge in [-0.3, -0.25) is 0 Å². The first-order valence-corrected chi connectivity index (χ1v) is 6.37. The van der Waals surface area contributed by atoms with Gasteiger partial charge in [0.25, 0.3) is 0 Å². The summed E-state index contributed by atoms with van der Waals surface area (Å²) in [5.74, 6) is 1.42. The highest BCUT2D eigenvalue weighted by atomic mass is 127. The summed E-state index contributed by atoms with van der Waals surface area (Å²) in [5, 5.41) is 0. The molecule has 0 saturated carbocycles. The van der Waals surface area contributed by atoms with E-state index in [9.17, 15) is 0 Å². The first-order chi connectivity index (χ1) is 7.22. The van der Waals surface area contributed by atoms with Gasteiger partial charge in [-0.2, -0.15) is 4.98 Å². The van der Waals surface area contributed by atoms with Crippen molar-refractivity contribution in [3.05, 3.63) is 9.26 Å². The van der Waals surface area contributed by atoms with Crippen molar-refractivity contribution < 1.29 is 0 Å². The molecule has 0 bridgehead atoms. The SMILES string of the molecule is CCc1nc(N2CCCC2)nc(N)c1I. The van der Waals surface area contributed by atoms with Gasteiger partial charge >= 0.3 is 0 Å². The predicted octanol–water partition coefficient (Wildman–Crippen LogP) is 1.83. The molecule has 0 atom stereocenters. The Morgan fingerprint density at radius 1 is 1.33 bits per heavy atom. The third kappa shape index (κ3) is 2.16. The Bertz CT molecular complexity index is 361. The number of nitrogen functional groups attached to an aromatic ring is 1. The summed E-state index contributed by atoms with van der Waals surface area (Å²) in [6, 6.07) is 0. The molecule has 5 heteroatoms. The number of aromatic nitrogens is 2. The molecular formula is C10H15IN4. The maximum Gasteiger partial charge on any atom is 0.227 e. The van der Waals surface area contributed by atoms with Crippen LogP contribution in [0.25, 0.3) is 0 Å². The van der Waals surface area contributed by atoms with Gasteiger partial charge in [-0.05, 0) is 41.9 Å². The van der Waals surface area contributed by atoms with Gasteiger partial charge in [0.1, 0.15) is 5.82 Å². The first-order valence-electron chi connectivity index (χ1n) is 5.29. The lowest BCUT2D eigenvalue weighted by Crippen LogP contribution is -2.22. The predicted molar refractivity (Wildman–Crippen MR) is 70.0 cm³/mol. The summed E-state index contributed by atoms with van der Waals surface area (Å²) in [7, 11) is 0. The van der Waals surface area contributed by atoms with Gasteiger partial charge in [-0.25, -0.2) is 4.98 Å². The Kier molecular flexibility index (Phi) is 3.28. The van der Waals surface area contributed by atoms with E-state index < -0.39 is 0 Å². The Morgan fingerprint density at radius 2 is 2.00 bits per heavy atom. The summed E-state index contributed by atoms with van der Waals surface area (Å²) < 4.78 is 0.998. The lowest BCUT2D eigenvalue weighted by atomic mass is 10.3. The van der Waals surface area contributed by atoms with Crippen molar-refractivity contribution >= 4 is 34.4 Å². The van der Waals surface area contributed by atoms with Crippen LogP contribution in [0.1, 0.15) is 25.5 Å². The molecule has 0 unspecified atom stereocenters. The van der Waals surface area contributed by atoms with Gasteiger partial charge < -0.3 is 10.6 Å². The summed E-state index contributed by atoms with van der Waals surface area (Å²) >= 11 is 2.22. The van der Waals surface area contributed by atoms with Crippen LogP contribution in [0.5, 0.6) is 0 Å². The second-order valence-electron chi connectivity index (χ2n) is 3.72. The molecule has 1 aromatic heterocycles. The number of halogens is 1. The number of hydrogen-bond donors (Lipinski definition) is 1. The van der Waals surface area contributed by atoms with Crippen molar-refractivity contribution in [3.8, 4) is 0 Å². The topological polar surface area (TPSA) is 55.0 Å². The molecule has 82 valence electrons. The van der Waals surface area contributed by atoms with Crippen molar-refractivity contribution in [2.75, 3.05) is 23.7 Å². The molecule has 15 heavy (non-hydrogen) atoms. The van der Waals surface area contributed by atoms with Crippen LogP contribution in [-0.2, 0) is 6.42 Å². The van der Waals surface area contributed by atoms with E-state index in [2.05, 4.69) is 44.4 Å². The van der Waals surface area contributed by atoms with E-state index in [1.165, 1.54) is 12.8 Å². The third-order valence-electron chi connectivity index (χ3n) is 2.66. The van der Waals surface area contributed by atoms with E-state index in [1.807, 2.05) is 0 Å². The summed E-state index contributed by atoms with van der Waals surface area (Å²) in [4.78, 5) is 11.1. The summed E-state index contributed by atoms with van der Waals surface area (Å²) in [6.45, 7) is 4.21. The number of nitrogens with zero attached hydrogens (tertiary/aromatic N) is 3. The van der Waals surface area contributed by atoms with Gasteiger partial charge in [0.15, 0.2) is 0 Å². The molecule has 1 aliphatic rings. The Hall–Kier alpha value is -0.590. The molecule has 0 aromatic carbocycles. The monoisotopic (exact) mass is 318 g/mol. The number of aryl methyl sites for hydroxylation is 1. The molecule has 1 aliphatic heterocycles. The maximum atomic E-state index is 5.88. The van der Waals surface area contributed by atoms with Crippen LogP contribution >= 0.6 is 22.6 Å². The zero-order valence-corrected chi connectivity index (χ0v) is 11.0. The average Bonchev–Trinajstić information content (AvgIpc) is 2.75. The van der Waals surface area contributed by atoms with Crippen molar-refractivity contribution in [3.63, 3.8) is 0 Å². The molecular weight excluding hydrogens is 303 g/mol. The minimum absolute atomic E-state index is 0.615. The molecule has 0 amide bonds. The fourth-order valence-electron chi connectivity index (χ4n) is 1.79. The number of hydrogen-bond acceptors (Lipinski definition) is 4. The number of nitrogens with two attached hydrogens (primary N) is 1. The van der Waals surface area contributed by atoms with Gasteiger partial charge in [0.05, 0.1) is 9.26 Å². The Morgan fingerprint density at radius 3 is 2.60 bits per heavy atom. The number of rotatable bonds is 2. The largest absolute Gasteiger partial charge is 0.383 e. The molecule has 1 fully saturated rings. The van der Waals surface area contributed by atoms with Crippen molar-refractivity contribution in [1.29, 1.82) is 0 Å². The molecule has 2 heterocycles. The molecule has 0 spiro atoms. The van der Waals surface area contributed by atoms with Gasteiger partial charge in [-0.1, -0.05) is 6.92 Å². The van der Waals surface area contributed by atoms with Crippen LogP contribution in [0.4, 0.5) is 11.8 Å². The van der Waals surface area contributed by atoms with Crippen LogP contribution in [0.2, 0.25) is 0 Å². The average molecular weight is 318 g/mol. The van der Waals surface area contributed by atoms with E-state index in [4.69, 9.17) is 5.73 Å². The standard InChI is InChI=1S/C10H15IN4/c1-2-7-8(11)9(12)14-10(13-7)15-5-3-4-6-15/h2-6H2,1H3,(H2,12,13,14). The van der Waals surface area contributed by atoms with Crippen LogP contribution in [0, 0.1) is 3.57 Å². The highest BCUT2D eigenvalue weighted by molar-refractivity contribution is 14.1. The lowest BCUT2D eigenvalue weighted by Gasteiger charge is -2.17. The van der Waals surface area contributed by atoms with Gasteiger partial charge in [0, 0.05) is 13.1 Å². The van der Waals surface area contributed by atoms with Crippen LogP contribution < -0.4 is 10.6 Å². The van der Waals surface area contributed by atoms with Crippen LogP contribution in [0.15, 0.2) is 0 Å². The summed E-state index contributed by atoms with van der Waals surface area (Å²) in [6.07, 6.45) is 3.37. The molecule has 1 saturated heterocycles. The molecule has 2 N–H and O–H groups in total. The minimum Gasteiger partial charge on any atom is -0.383 e. The normalized spacial score (nSPS) is 16.0. The molecule has 2 rings (SSSR count). The quantitative estimate of drug-likeness (QED) is 0.845. The first kappa shape index (κ1) is 10.9. The fraction of sp³-hybridized carbons (Fsp3) is 0.600. The second-order valence-corrected chi connectivity index (χ2v) is 4.80. The summed E-state index contributed by atoms with van der Waals surface area (Å²) in [5.41, 5.74) is 6.94. The molecule has 4 nitrogen and oxygen atoms in total. The van der Waals surface area contributed by atoms with E-state index in [1.54, 1.807) is 0 Å².